The molecule has 1 amide bonds. The van der Waals surface area contributed by atoms with E-state index in [1.807, 2.05) is 37.3 Å². The Morgan fingerprint density at radius 3 is 2.75 bits per heavy atom. The zero-order chi connectivity index (χ0) is 17.1. The molecule has 3 rings (SSSR count). The lowest BCUT2D eigenvalue weighted by atomic mass is 10.1. The van der Waals surface area contributed by atoms with E-state index in [-0.39, 0.29) is 11.7 Å². The van der Waals surface area contributed by atoms with Crippen LogP contribution in [0.5, 0.6) is 0 Å². The van der Waals surface area contributed by atoms with Gasteiger partial charge in [0.25, 0.3) is 0 Å². The highest BCUT2D eigenvalue weighted by molar-refractivity contribution is 8.01. The van der Waals surface area contributed by atoms with Crippen LogP contribution in [0.3, 0.4) is 0 Å². The largest absolute Gasteiger partial charge is 0.310 e. The van der Waals surface area contributed by atoms with Gasteiger partial charge in [0, 0.05) is 23.7 Å². The van der Waals surface area contributed by atoms with Gasteiger partial charge >= 0.3 is 0 Å². The van der Waals surface area contributed by atoms with Crippen molar-refractivity contribution in [3.8, 4) is 11.3 Å². The Morgan fingerprint density at radius 2 is 2.08 bits per heavy atom. The molecule has 1 N–H and O–H groups in total. The maximum atomic E-state index is 12.1. The highest BCUT2D eigenvalue weighted by Gasteiger charge is 2.11. The highest BCUT2D eigenvalue weighted by Crippen LogP contribution is 2.24. The lowest BCUT2D eigenvalue weighted by Crippen LogP contribution is -2.16. The van der Waals surface area contributed by atoms with Crippen molar-refractivity contribution in [1.82, 2.24) is 20.0 Å². The average Bonchev–Trinajstić information content (AvgIpc) is 3.12. The Kier molecular flexibility index (Phi) is 5.17. The molecular weight excluding hydrogens is 366 g/mol. The number of amides is 1. The summed E-state index contributed by atoms with van der Waals surface area (Å²) in [5.41, 5.74) is 1.71. The second kappa shape index (κ2) is 7.33. The van der Waals surface area contributed by atoms with Crippen LogP contribution in [0.2, 0.25) is 5.02 Å². The number of carbonyl (C=O) groups is 1. The number of nitrogens with one attached hydrogen (secondary N) is 1. The lowest BCUT2D eigenvalue weighted by molar-refractivity contribution is -0.113. The SMILES string of the molecule is Cc1nnc(SCC(=O)Nc2cc(-c3ccc(Cl)cc3)nn2C)s1. The minimum Gasteiger partial charge on any atom is -0.310 e. The van der Waals surface area contributed by atoms with E-state index < -0.39 is 0 Å². The summed E-state index contributed by atoms with van der Waals surface area (Å²) < 4.78 is 2.43. The molecule has 124 valence electrons. The van der Waals surface area contributed by atoms with Gasteiger partial charge in [0.05, 0.1) is 11.4 Å². The number of rotatable bonds is 5. The lowest BCUT2D eigenvalue weighted by Gasteiger charge is -2.03. The molecule has 0 aliphatic rings. The highest BCUT2D eigenvalue weighted by atomic mass is 35.5. The monoisotopic (exact) mass is 379 g/mol. The molecule has 0 unspecified atom stereocenters. The van der Waals surface area contributed by atoms with Crippen LogP contribution in [-0.4, -0.2) is 31.6 Å². The van der Waals surface area contributed by atoms with Gasteiger partial charge in [-0.15, -0.1) is 10.2 Å². The quantitative estimate of drug-likeness (QED) is 0.685. The molecular formula is C15H14ClN5OS2. The summed E-state index contributed by atoms with van der Waals surface area (Å²) in [6.45, 7) is 1.88. The van der Waals surface area contributed by atoms with E-state index >= 15 is 0 Å². The summed E-state index contributed by atoms with van der Waals surface area (Å²) in [6, 6.07) is 9.24. The van der Waals surface area contributed by atoms with E-state index in [9.17, 15) is 4.79 Å². The topological polar surface area (TPSA) is 72.7 Å². The Hall–Kier alpha value is -1.90. The molecule has 0 radical (unpaired) electrons. The number of halogens is 1. The molecule has 0 bridgehead atoms. The number of carbonyl (C=O) groups excluding carboxylic acids is 1. The van der Waals surface area contributed by atoms with Gasteiger partial charge in [0.1, 0.15) is 10.8 Å². The van der Waals surface area contributed by atoms with Crippen molar-refractivity contribution in [3.05, 3.63) is 40.4 Å². The standard InChI is InChI=1S/C15H14ClN5OS2/c1-9-18-19-15(24-9)23-8-14(22)17-13-7-12(20-21(13)2)10-3-5-11(16)6-4-10/h3-7H,8H2,1-2H3,(H,17,22). The molecule has 1 aromatic carbocycles. The molecule has 3 aromatic rings. The van der Waals surface area contributed by atoms with Gasteiger partial charge in [-0.25, -0.2) is 0 Å². The first kappa shape index (κ1) is 16.9. The fourth-order valence-corrected chi connectivity index (χ4v) is 3.73. The summed E-state index contributed by atoms with van der Waals surface area (Å²) >= 11 is 8.74. The Bertz CT molecular complexity index is 859. The fraction of sp³-hybridized carbons (Fsp3) is 0.200. The van der Waals surface area contributed by atoms with Crippen LogP contribution in [0.1, 0.15) is 5.01 Å². The van der Waals surface area contributed by atoms with Gasteiger partial charge in [-0.3, -0.25) is 9.48 Å². The van der Waals surface area contributed by atoms with E-state index in [0.717, 1.165) is 20.6 Å². The molecule has 0 saturated heterocycles. The van der Waals surface area contributed by atoms with Crippen LogP contribution < -0.4 is 5.32 Å². The first-order valence-electron chi connectivity index (χ1n) is 7.04. The first-order chi connectivity index (χ1) is 11.5. The van der Waals surface area contributed by atoms with Gasteiger partial charge in [0.2, 0.25) is 5.91 Å². The Morgan fingerprint density at radius 1 is 1.33 bits per heavy atom. The van der Waals surface area contributed by atoms with Gasteiger partial charge in [0.15, 0.2) is 4.34 Å². The van der Waals surface area contributed by atoms with Crippen molar-refractivity contribution in [3.63, 3.8) is 0 Å². The fourth-order valence-electron chi connectivity index (χ4n) is 1.99. The molecule has 2 aromatic heterocycles. The Labute approximate surface area is 152 Å². The van der Waals surface area contributed by atoms with Crippen molar-refractivity contribution < 1.29 is 4.79 Å². The minimum absolute atomic E-state index is 0.112. The van der Waals surface area contributed by atoms with Crippen LogP contribution in [0.4, 0.5) is 5.82 Å². The van der Waals surface area contributed by atoms with E-state index in [2.05, 4.69) is 20.6 Å². The molecule has 0 fully saturated rings. The summed E-state index contributed by atoms with van der Waals surface area (Å²) in [7, 11) is 1.79. The third-order valence-corrected chi connectivity index (χ3v) is 5.35. The van der Waals surface area contributed by atoms with Crippen LogP contribution >= 0.6 is 34.7 Å². The van der Waals surface area contributed by atoms with Crippen molar-refractivity contribution in [2.45, 2.75) is 11.3 Å². The molecule has 6 nitrogen and oxygen atoms in total. The number of anilines is 1. The number of hydrogen-bond acceptors (Lipinski definition) is 6. The number of aryl methyl sites for hydroxylation is 2. The molecule has 24 heavy (non-hydrogen) atoms. The maximum Gasteiger partial charge on any atom is 0.235 e. The average molecular weight is 380 g/mol. The minimum atomic E-state index is -0.112. The van der Waals surface area contributed by atoms with Crippen LogP contribution in [0.25, 0.3) is 11.3 Å². The molecule has 0 aliphatic carbocycles. The van der Waals surface area contributed by atoms with E-state index in [0.29, 0.717) is 10.8 Å². The van der Waals surface area contributed by atoms with Crippen molar-refractivity contribution in [1.29, 1.82) is 0 Å². The summed E-state index contributed by atoms with van der Waals surface area (Å²) in [4.78, 5) is 12.1. The third kappa shape index (κ3) is 4.14. The molecule has 0 aliphatic heterocycles. The van der Waals surface area contributed by atoms with Gasteiger partial charge in [-0.2, -0.15) is 5.10 Å². The van der Waals surface area contributed by atoms with Crippen LogP contribution in [0.15, 0.2) is 34.7 Å². The number of thioether (sulfide) groups is 1. The Balaban J connectivity index is 1.64. The number of benzene rings is 1. The van der Waals surface area contributed by atoms with Gasteiger partial charge in [-0.1, -0.05) is 46.8 Å². The number of hydrogen-bond donors (Lipinski definition) is 1. The molecule has 0 atom stereocenters. The van der Waals surface area contributed by atoms with Crippen molar-refractivity contribution in [2.75, 3.05) is 11.1 Å². The summed E-state index contributed by atoms with van der Waals surface area (Å²) in [5.74, 6) is 0.799. The smallest absolute Gasteiger partial charge is 0.235 e. The molecule has 0 spiro atoms. The zero-order valence-electron chi connectivity index (χ0n) is 13.0. The van der Waals surface area contributed by atoms with E-state index in [4.69, 9.17) is 11.6 Å². The number of aromatic nitrogens is 4. The number of nitrogens with zero attached hydrogens (tertiary/aromatic N) is 4. The second-order valence-electron chi connectivity index (χ2n) is 4.97. The van der Waals surface area contributed by atoms with Crippen LogP contribution in [0, 0.1) is 6.92 Å². The second-order valence-corrected chi connectivity index (χ2v) is 7.81. The van der Waals surface area contributed by atoms with E-state index in [1.54, 1.807) is 11.7 Å². The first-order valence-corrected chi connectivity index (χ1v) is 9.22. The predicted octanol–water partition coefficient (Wildman–Crippen LogP) is 3.63. The molecule has 9 heteroatoms. The van der Waals surface area contributed by atoms with Gasteiger partial charge in [-0.05, 0) is 19.1 Å². The maximum absolute atomic E-state index is 12.1. The summed E-state index contributed by atoms with van der Waals surface area (Å²) in [5, 5.41) is 16.8. The van der Waals surface area contributed by atoms with Crippen molar-refractivity contribution in [2.24, 2.45) is 7.05 Å². The molecule has 0 saturated carbocycles. The predicted molar refractivity (Wildman–Crippen MR) is 97.7 cm³/mol. The van der Waals surface area contributed by atoms with Crippen LogP contribution in [-0.2, 0) is 11.8 Å². The van der Waals surface area contributed by atoms with Gasteiger partial charge < -0.3 is 5.32 Å². The third-order valence-electron chi connectivity index (χ3n) is 3.12. The van der Waals surface area contributed by atoms with Crippen molar-refractivity contribution >= 4 is 46.4 Å². The zero-order valence-corrected chi connectivity index (χ0v) is 15.4. The molecule has 2 heterocycles. The normalized spacial score (nSPS) is 10.8. The van der Waals surface area contributed by atoms with E-state index in [1.165, 1.54) is 23.1 Å². The summed E-state index contributed by atoms with van der Waals surface area (Å²) in [6.07, 6.45) is 0.